The number of nitrogens with zero attached hydrogens (tertiary/aromatic N) is 2. The smallest absolute Gasteiger partial charge is 0.377 e. The molecule has 2 heterocycles. The molecule has 118 valence electrons. The summed E-state index contributed by atoms with van der Waals surface area (Å²) in [5, 5.41) is 3.96. The fourth-order valence-corrected chi connectivity index (χ4v) is 1.98. The van der Waals surface area contributed by atoms with E-state index in [4.69, 9.17) is 18.7 Å². The summed E-state index contributed by atoms with van der Waals surface area (Å²) >= 11 is 0. The van der Waals surface area contributed by atoms with Crippen LogP contribution in [0.25, 0.3) is 11.3 Å². The summed E-state index contributed by atoms with van der Waals surface area (Å²) in [7, 11) is 1.27. The summed E-state index contributed by atoms with van der Waals surface area (Å²) in [6, 6.07) is 3.58. The molecule has 0 amide bonds. The van der Waals surface area contributed by atoms with E-state index in [0.29, 0.717) is 30.0 Å². The molecule has 0 aliphatic rings. The maximum atomic E-state index is 11.9. The van der Waals surface area contributed by atoms with Gasteiger partial charge in [-0.2, -0.15) is 0 Å². The van der Waals surface area contributed by atoms with Gasteiger partial charge in [0.25, 0.3) is 5.76 Å². The number of hydrogen-bond acceptors (Lipinski definition) is 7. The molecule has 0 saturated heterocycles. The fraction of sp³-hybridized carbons (Fsp3) is 0.400. The van der Waals surface area contributed by atoms with Crippen LogP contribution in [0.15, 0.2) is 29.0 Å². The quantitative estimate of drug-likeness (QED) is 0.574. The van der Waals surface area contributed by atoms with E-state index >= 15 is 0 Å². The molecule has 22 heavy (non-hydrogen) atoms. The predicted octanol–water partition coefficient (Wildman–Crippen LogP) is 2.59. The van der Waals surface area contributed by atoms with Crippen LogP contribution in [0.1, 0.15) is 36.3 Å². The van der Waals surface area contributed by atoms with Crippen molar-refractivity contribution >= 4 is 5.97 Å². The lowest BCUT2D eigenvalue weighted by molar-refractivity contribution is -0.140. The molecule has 7 nitrogen and oxygen atoms in total. The number of rotatable bonds is 7. The molecule has 0 fully saturated rings. The highest BCUT2D eigenvalue weighted by Crippen LogP contribution is 2.33. The topological polar surface area (TPSA) is 83.7 Å². The standard InChI is InChI=1S/C15H18N2O5/c1-4-20-15(21-5-2)11-12(10-7-6-8-16-9-10)17-22-13(11)14(18)19-3/h6-9,15H,4-5H2,1-3H3. The predicted molar refractivity (Wildman–Crippen MR) is 77.1 cm³/mol. The van der Waals surface area contributed by atoms with Crippen LogP contribution in [0.5, 0.6) is 0 Å². The van der Waals surface area contributed by atoms with Gasteiger partial charge in [-0.25, -0.2) is 4.79 Å². The first-order valence-corrected chi connectivity index (χ1v) is 6.94. The summed E-state index contributed by atoms with van der Waals surface area (Å²) in [5.74, 6) is -0.671. The molecule has 2 aromatic heterocycles. The van der Waals surface area contributed by atoms with Gasteiger partial charge >= 0.3 is 5.97 Å². The highest BCUT2D eigenvalue weighted by atomic mass is 16.7. The van der Waals surface area contributed by atoms with Crippen LogP contribution in [0, 0.1) is 0 Å². The van der Waals surface area contributed by atoms with Crippen molar-refractivity contribution in [1.29, 1.82) is 0 Å². The van der Waals surface area contributed by atoms with Crippen LogP contribution in [0.4, 0.5) is 0 Å². The van der Waals surface area contributed by atoms with Gasteiger partial charge in [-0.3, -0.25) is 4.98 Å². The van der Waals surface area contributed by atoms with Gasteiger partial charge in [-0.1, -0.05) is 5.16 Å². The minimum absolute atomic E-state index is 0.0340. The number of carbonyl (C=O) groups excluding carboxylic acids is 1. The number of pyridine rings is 1. The molecule has 0 spiro atoms. The minimum atomic E-state index is -0.773. The Morgan fingerprint density at radius 3 is 2.59 bits per heavy atom. The van der Waals surface area contributed by atoms with Crippen molar-refractivity contribution in [3.05, 3.63) is 35.9 Å². The van der Waals surface area contributed by atoms with Crippen LogP contribution in [0.3, 0.4) is 0 Å². The summed E-state index contributed by atoms with van der Waals surface area (Å²) in [5.41, 5.74) is 1.55. The van der Waals surface area contributed by atoms with E-state index in [1.807, 2.05) is 19.9 Å². The molecule has 0 aliphatic heterocycles. The summed E-state index contributed by atoms with van der Waals surface area (Å²) < 4.78 is 21.0. The second kappa shape index (κ2) is 7.67. The third-order valence-corrected chi connectivity index (χ3v) is 2.91. The molecular weight excluding hydrogens is 288 g/mol. The van der Waals surface area contributed by atoms with Crippen molar-refractivity contribution in [1.82, 2.24) is 10.1 Å². The Kier molecular flexibility index (Phi) is 5.62. The van der Waals surface area contributed by atoms with Gasteiger partial charge in [0, 0.05) is 31.2 Å². The first-order chi connectivity index (χ1) is 10.7. The number of ether oxygens (including phenoxy) is 3. The molecule has 2 aromatic rings. The maximum Gasteiger partial charge on any atom is 0.377 e. The van der Waals surface area contributed by atoms with Gasteiger partial charge in [0.1, 0.15) is 5.69 Å². The van der Waals surface area contributed by atoms with Gasteiger partial charge in [0.15, 0.2) is 6.29 Å². The summed E-state index contributed by atoms with van der Waals surface area (Å²) in [6.45, 7) is 4.48. The van der Waals surface area contributed by atoms with Gasteiger partial charge in [0.05, 0.1) is 12.7 Å². The van der Waals surface area contributed by atoms with Gasteiger partial charge in [-0.15, -0.1) is 0 Å². The molecule has 0 radical (unpaired) electrons. The Morgan fingerprint density at radius 2 is 2.05 bits per heavy atom. The third kappa shape index (κ3) is 3.32. The molecule has 0 aromatic carbocycles. The van der Waals surface area contributed by atoms with Gasteiger partial charge in [-0.05, 0) is 26.0 Å². The molecular formula is C15H18N2O5. The van der Waals surface area contributed by atoms with Crippen LogP contribution < -0.4 is 0 Å². The fourth-order valence-electron chi connectivity index (χ4n) is 1.98. The number of methoxy groups -OCH3 is 1. The van der Waals surface area contributed by atoms with Crippen LogP contribution in [0.2, 0.25) is 0 Å². The molecule has 0 N–H and O–H groups in total. The normalized spacial score (nSPS) is 10.9. The largest absolute Gasteiger partial charge is 0.463 e. The average molecular weight is 306 g/mol. The Hall–Kier alpha value is -2.25. The van der Waals surface area contributed by atoms with Gasteiger partial charge < -0.3 is 18.7 Å². The van der Waals surface area contributed by atoms with Crippen molar-refractivity contribution in [3.8, 4) is 11.3 Å². The van der Waals surface area contributed by atoms with Crippen molar-refractivity contribution < 1.29 is 23.5 Å². The second-order valence-corrected chi connectivity index (χ2v) is 4.25. The molecule has 2 rings (SSSR count). The second-order valence-electron chi connectivity index (χ2n) is 4.25. The van der Waals surface area contributed by atoms with Gasteiger partial charge in [0.2, 0.25) is 0 Å². The highest BCUT2D eigenvalue weighted by Gasteiger charge is 2.31. The van der Waals surface area contributed by atoms with Crippen molar-refractivity contribution in [2.45, 2.75) is 20.1 Å². The Morgan fingerprint density at radius 1 is 1.32 bits per heavy atom. The highest BCUT2D eigenvalue weighted by molar-refractivity contribution is 5.90. The average Bonchev–Trinajstić information content (AvgIpc) is 2.99. The molecule has 0 atom stereocenters. The Labute approximate surface area is 128 Å². The lowest BCUT2D eigenvalue weighted by Crippen LogP contribution is -2.14. The van der Waals surface area contributed by atoms with Crippen molar-refractivity contribution in [2.24, 2.45) is 0 Å². The van der Waals surface area contributed by atoms with E-state index in [-0.39, 0.29) is 5.76 Å². The molecule has 0 saturated carbocycles. The Bertz CT molecular complexity index is 606. The number of esters is 1. The number of carbonyl (C=O) groups is 1. The molecule has 0 aliphatic carbocycles. The van der Waals surface area contributed by atoms with E-state index in [1.165, 1.54) is 7.11 Å². The first kappa shape index (κ1) is 16.1. The number of aromatic nitrogens is 2. The molecule has 7 heteroatoms. The minimum Gasteiger partial charge on any atom is -0.463 e. The Balaban J connectivity index is 2.54. The zero-order valence-electron chi connectivity index (χ0n) is 12.7. The lowest BCUT2D eigenvalue weighted by Gasteiger charge is -2.17. The van der Waals surface area contributed by atoms with E-state index in [1.54, 1.807) is 18.5 Å². The van der Waals surface area contributed by atoms with Crippen LogP contribution >= 0.6 is 0 Å². The maximum absolute atomic E-state index is 11.9. The summed E-state index contributed by atoms with van der Waals surface area (Å²) in [4.78, 5) is 16.0. The summed E-state index contributed by atoms with van der Waals surface area (Å²) in [6.07, 6.45) is 2.50. The van der Waals surface area contributed by atoms with Crippen molar-refractivity contribution in [2.75, 3.05) is 20.3 Å². The first-order valence-electron chi connectivity index (χ1n) is 6.94. The third-order valence-electron chi connectivity index (χ3n) is 2.91. The van der Waals surface area contributed by atoms with E-state index in [2.05, 4.69) is 10.1 Å². The monoisotopic (exact) mass is 306 g/mol. The molecule has 0 unspecified atom stereocenters. The molecule has 0 bridgehead atoms. The van der Waals surface area contributed by atoms with E-state index in [9.17, 15) is 4.79 Å². The van der Waals surface area contributed by atoms with E-state index < -0.39 is 12.3 Å². The van der Waals surface area contributed by atoms with Crippen LogP contribution in [-0.4, -0.2) is 36.4 Å². The zero-order valence-corrected chi connectivity index (χ0v) is 12.7. The number of hydrogen-bond donors (Lipinski definition) is 0. The lowest BCUT2D eigenvalue weighted by atomic mass is 10.1. The SMILES string of the molecule is CCOC(OCC)c1c(-c2cccnc2)noc1C(=O)OC. The van der Waals surface area contributed by atoms with E-state index in [0.717, 1.165) is 0 Å². The van der Waals surface area contributed by atoms with Crippen LogP contribution in [-0.2, 0) is 14.2 Å². The zero-order chi connectivity index (χ0) is 15.9. The van der Waals surface area contributed by atoms with Crippen molar-refractivity contribution in [3.63, 3.8) is 0 Å².